The minimum Gasteiger partial charge on any atom is -0.489 e. The smallest absolute Gasteiger partial charge is 0.335 e. The zero-order valence-corrected chi connectivity index (χ0v) is 11.2. The summed E-state index contributed by atoms with van der Waals surface area (Å²) in [6.45, 7) is 1.90. The van der Waals surface area contributed by atoms with Crippen LogP contribution in [-0.2, 0) is 4.74 Å². The first kappa shape index (κ1) is 13.2. The molecule has 0 bridgehead atoms. The quantitative estimate of drug-likeness (QED) is 0.865. The number of aromatic carboxylic acids is 1. The predicted molar refractivity (Wildman–Crippen MR) is 71.5 cm³/mol. The second-order valence-corrected chi connectivity index (χ2v) is 5.32. The van der Waals surface area contributed by atoms with E-state index in [-0.39, 0.29) is 11.7 Å². The van der Waals surface area contributed by atoms with Gasteiger partial charge in [-0.1, -0.05) is 0 Å². The molecular weight excluding hydrogens is 260 g/mol. The largest absolute Gasteiger partial charge is 0.489 e. The molecule has 5 nitrogen and oxygen atoms in total. The lowest BCUT2D eigenvalue weighted by Gasteiger charge is -2.16. The van der Waals surface area contributed by atoms with Gasteiger partial charge in [0.25, 0.3) is 0 Å². The highest BCUT2D eigenvalue weighted by Gasteiger charge is 2.24. The minimum atomic E-state index is -0.961. The van der Waals surface area contributed by atoms with Gasteiger partial charge in [0.1, 0.15) is 6.10 Å². The van der Waals surface area contributed by atoms with E-state index < -0.39 is 5.97 Å². The molecule has 0 radical (unpaired) electrons. The normalized spacial score (nSPS) is 21.7. The van der Waals surface area contributed by atoms with Crippen LogP contribution >= 0.6 is 0 Å². The molecule has 2 fully saturated rings. The number of rotatable bonds is 6. The molecule has 1 aliphatic heterocycles. The molecule has 3 rings (SSSR count). The summed E-state index contributed by atoms with van der Waals surface area (Å²) in [6.07, 6.45) is 3.24. The van der Waals surface area contributed by atoms with Gasteiger partial charge in [0.05, 0.1) is 25.4 Å². The number of carboxylic acids is 1. The summed E-state index contributed by atoms with van der Waals surface area (Å²) < 4.78 is 16.9. The molecule has 1 atom stereocenters. The molecule has 1 aliphatic carbocycles. The van der Waals surface area contributed by atoms with Crippen molar-refractivity contribution in [1.29, 1.82) is 0 Å². The Balaban J connectivity index is 1.75. The van der Waals surface area contributed by atoms with E-state index in [9.17, 15) is 4.79 Å². The lowest BCUT2D eigenvalue weighted by molar-refractivity contribution is 0.0696. The SMILES string of the molecule is O=C(O)c1ccc(OC2CCOC2)c(OCC2CC2)c1. The van der Waals surface area contributed by atoms with Crippen LogP contribution in [0, 0.1) is 5.92 Å². The first-order valence-corrected chi connectivity index (χ1v) is 6.97. The Hall–Kier alpha value is -1.75. The minimum absolute atomic E-state index is 0.0222. The maximum atomic E-state index is 11.0. The van der Waals surface area contributed by atoms with E-state index in [1.54, 1.807) is 6.07 Å². The molecule has 20 heavy (non-hydrogen) atoms. The van der Waals surface area contributed by atoms with E-state index in [1.165, 1.54) is 25.0 Å². The Morgan fingerprint density at radius 1 is 1.30 bits per heavy atom. The van der Waals surface area contributed by atoms with E-state index in [1.807, 2.05) is 0 Å². The van der Waals surface area contributed by atoms with Gasteiger partial charge in [-0.3, -0.25) is 0 Å². The third kappa shape index (κ3) is 3.22. The van der Waals surface area contributed by atoms with Crippen LogP contribution in [0.4, 0.5) is 0 Å². The molecular formula is C15H18O5. The summed E-state index contributed by atoms with van der Waals surface area (Å²) >= 11 is 0. The number of benzene rings is 1. The molecule has 0 aromatic heterocycles. The molecule has 1 unspecified atom stereocenters. The first-order valence-electron chi connectivity index (χ1n) is 6.97. The molecule has 1 aromatic rings. The maximum Gasteiger partial charge on any atom is 0.335 e. The molecule has 1 saturated carbocycles. The number of carboxylic acid groups (broad SMARTS) is 1. The first-order chi connectivity index (χ1) is 9.72. The van der Waals surface area contributed by atoms with Crippen LogP contribution in [0.15, 0.2) is 18.2 Å². The summed E-state index contributed by atoms with van der Waals surface area (Å²) in [4.78, 5) is 11.0. The fraction of sp³-hybridized carbons (Fsp3) is 0.533. The van der Waals surface area contributed by atoms with Crippen molar-refractivity contribution in [2.24, 2.45) is 5.92 Å². The highest BCUT2D eigenvalue weighted by Crippen LogP contribution is 2.34. The Kier molecular flexibility index (Phi) is 3.78. The zero-order valence-electron chi connectivity index (χ0n) is 11.2. The fourth-order valence-corrected chi connectivity index (χ4v) is 2.13. The molecule has 108 valence electrons. The molecule has 5 heteroatoms. The van der Waals surface area contributed by atoms with E-state index >= 15 is 0 Å². The van der Waals surface area contributed by atoms with Crippen LogP contribution in [0.3, 0.4) is 0 Å². The van der Waals surface area contributed by atoms with Gasteiger partial charge in [0.15, 0.2) is 11.5 Å². The van der Waals surface area contributed by atoms with Gasteiger partial charge >= 0.3 is 5.97 Å². The van der Waals surface area contributed by atoms with Gasteiger partial charge in [-0.15, -0.1) is 0 Å². The van der Waals surface area contributed by atoms with Gasteiger partial charge in [-0.2, -0.15) is 0 Å². The van der Waals surface area contributed by atoms with Crippen molar-refractivity contribution in [2.45, 2.75) is 25.4 Å². The number of ether oxygens (including phenoxy) is 3. The van der Waals surface area contributed by atoms with Crippen molar-refractivity contribution in [3.63, 3.8) is 0 Å². The fourth-order valence-electron chi connectivity index (χ4n) is 2.13. The van der Waals surface area contributed by atoms with E-state index in [2.05, 4.69) is 0 Å². The van der Waals surface area contributed by atoms with Crippen molar-refractivity contribution >= 4 is 5.97 Å². The third-order valence-corrected chi connectivity index (χ3v) is 3.54. The molecule has 0 spiro atoms. The molecule has 2 aliphatic rings. The Bertz CT molecular complexity index is 489. The van der Waals surface area contributed by atoms with E-state index in [0.717, 1.165) is 6.42 Å². The molecule has 1 saturated heterocycles. The number of hydrogen-bond donors (Lipinski definition) is 1. The lowest BCUT2D eigenvalue weighted by Crippen LogP contribution is -2.16. The summed E-state index contributed by atoms with van der Waals surface area (Å²) in [6, 6.07) is 4.75. The molecule has 1 heterocycles. The second kappa shape index (κ2) is 5.71. The van der Waals surface area contributed by atoms with Gasteiger partial charge in [-0.25, -0.2) is 4.79 Å². The summed E-state index contributed by atoms with van der Waals surface area (Å²) in [7, 11) is 0. The Morgan fingerprint density at radius 3 is 2.80 bits per heavy atom. The Morgan fingerprint density at radius 2 is 2.15 bits per heavy atom. The number of carbonyl (C=O) groups is 1. The zero-order chi connectivity index (χ0) is 13.9. The van der Waals surface area contributed by atoms with Crippen LogP contribution in [0.2, 0.25) is 0 Å². The van der Waals surface area contributed by atoms with Gasteiger partial charge in [0, 0.05) is 6.42 Å². The predicted octanol–water partition coefficient (Wildman–Crippen LogP) is 2.34. The average molecular weight is 278 g/mol. The monoisotopic (exact) mass is 278 g/mol. The van der Waals surface area contributed by atoms with Crippen molar-refractivity contribution in [1.82, 2.24) is 0 Å². The van der Waals surface area contributed by atoms with Gasteiger partial charge in [0.2, 0.25) is 0 Å². The standard InChI is InChI=1S/C15H18O5/c16-15(17)11-3-4-13(20-12-5-6-18-9-12)14(7-11)19-8-10-1-2-10/h3-4,7,10,12H,1-2,5-6,8-9H2,(H,16,17). The van der Waals surface area contributed by atoms with E-state index in [4.69, 9.17) is 19.3 Å². The highest BCUT2D eigenvalue weighted by atomic mass is 16.6. The summed E-state index contributed by atoms with van der Waals surface area (Å²) in [5.74, 6) is 0.762. The van der Waals surface area contributed by atoms with Crippen LogP contribution < -0.4 is 9.47 Å². The van der Waals surface area contributed by atoms with Crippen LogP contribution in [0.25, 0.3) is 0 Å². The molecule has 1 N–H and O–H groups in total. The van der Waals surface area contributed by atoms with Crippen molar-refractivity contribution in [3.05, 3.63) is 23.8 Å². The third-order valence-electron chi connectivity index (χ3n) is 3.54. The van der Waals surface area contributed by atoms with Crippen molar-refractivity contribution in [3.8, 4) is 11.5 Å². The van der Waals surface area contributed by atoms with Crippen molar-refractivity contribution in [2.75, 3.05) is 19.8 Å². The number of hydrogen-bond acceptors (Lipinski definition) is 4. The van der Waals surface area contributed by atoms with Crippen LogP contribution in [0.1, 0.15) is 29.6 Å². The lowest BCUT2D eigenvalue weighted by atomic mass is 10.2. The Labute approximate surface area is 117 Å². The summed E-state index contributed by atoms with van der Waals surface area (Å²) in [5, 5.41) is 9.06. The van der Waals surface area contributed by atoms with Gasteiger partial charge < -0.3 is 19.3 Å². The van der Waals surface area contributed by atoms with E-state index in [0.29, 0.717) is 37.2 Å². The van der Waals surface area contributed by atoms with Crippen LogP contribution in [-0.4, -0.2) is 37.0 Å². The topological polar surface area (TPSA) is 65.0 Å². The average Bonchev–Trinajstić information content (AvgIpc) is 3.13. The molecule has 1 aromatic carbocycles. The van der Waals surface area contributed by atoms with Crippen LogP contribution in [0.5, 0.6) is 11.5 Å². The highest BCUT2D eigenvalue weighted by molar-refractivity contribution is 5.88. The second-order valence-electron chi connectivity index (χ2n) is 5.32. The molecule has 0 amide bonds. The van der Waals surface area contributed by atoms with Crippen molar-refractivity contribution < 1.29 is 24.1 Å². The summed E-state index contributed by atoms with van der Waals surface area (Å²) in [5.41, 5.74) is 0.214. The maximum absolute atomic E-state index is 11.0. The van der Waals surface area contributed by atoms with Gasteiger partial charge in [-0.05, 0) is 37.0 Å².